The fraction of sp³-hybridized carbons (Fsp3) is 0.0667. The van der Waals surface area contributed by atoms with E-state index in [1.165, 1.54) is 24.3 Å². The normalized spacial score (nSPS) is 11.2. The van der Waals surface area contributed by atoms with Crippen LogP contribution in [0.1, 0.15) is 22.8 Å². The number of carbonyl (C=O) groups is 1. The lowest BCUT2D eigenvalue weighted by Gasteiger charge is -2.06. The molecule has 0 heterocycles. The number of aromatic hydroxyl groups is 2. The molecule has 0 saturated heterocycles. The van der Waals surface area contributed by atoms with Crippen LogP contribution < -0.4 is 5.43 Å². The molecule has 0 bridgehead atoms. The number of carbonyl (C=O) groups excluding carboxylic acids is 1. The minimum Gasteiger partial charge on any atom is -0.508 e. The lowest BCUT2D eigenvalue weighted by Crippen LogP contribution is -2.19. The van der Waals surface area contributed by atoms with Crippen LogP contribution in [0.15, 0.2) is 47.6 Å². The van der Waals surface area contributed by atoms with Crippen LogP contribution in [-0.4, -0.2) is 21.8 Å². The van der Waals surface area contributed by atoms with Gasteiger partial charge in [0.1, 0.15) is 11.5 Å². The Morgan fingerprint density at radius 3 is 2.67 bits per heavy atom. The van der Waals surface area contributed by atoms with Crippen molar-refractivity contribution in [1.82, 2.24) is 5.43 Å². The van der Waals surface area contributed by atoms with Crippen LogP contribution in [0.5, 0.6) is 11.5 Å². The third-order valence-corrected chi connectivity index (χ3v) is 3.02. The second-order valence-electron chi connectivity index (χ2n) is 4.35. The molecule has 1 amide bonds. The highest BCUT2D eigenvalue weighted by molar-refractivity contribution is 6.30. The minimum atomic E-state index is -0.420. The van der Waals surface area contributed by atoms with Crippen molar-refractivity contribution in [2.24, 2.45) is 5.10 Å². The van der Waals surface area contributed by atoms with Gasteiger partial charge in [0, 0.05) is 16.1 Å². The van der Waals surface area contributed by atoms with E-state index in [0.29, 0.717) is 21.9 Å². The van der Waals surface area contributed by atoms with Gasteiger partial charge < -0.3 is 10.2 Å². The Bertz CT molecular complexity index is 714. The van der Waals surface area contributed by atoms with Crippen molar-refractivity contribution < 1.29 is 15.0 Å². The molecule has 0 aliphatic heterocycles. The highest BCUT2D eigenvalue weighted by Gasteiger charge is 2.08. The minimum absolute atomic E-state index is 0.00137. The van der Waals surface area contributed by atoms with E-state index in [1.54, 1.807) is 25.1 Å². The van der Waals surface area contributed by atoms with Crippen LogP contribution in [0.25, 0.3) is 0 Å². The van der Waals surface area contributed by atoms with Gasteiger partial charge in [0.2, 0.25) is 0 Å². The molecule has 6 heteroatoms. The summed E-state index contributed by atoms with van der Waals surface area (Å²) in [5, 5.41) is 23.5. The standard InChI is InChI=1S/C15H13ClN2O3/c1-9(13-8-12(19)5-6-14(13)20)17-18-15(21)10-3-2-4-11(16)7-10/h2-8,19-20H,1H3,(H,18,21)/b17-9-. The summed E-state index contributed by atoms with van der Waals surface area (Å²) in [5.41, 5.74) is 3.44. The number of hydrazone groups is 1. The molecule has 0 aromatic heterocycles. The third kappa shape index (κ3) is 3.73. The zero-order valence-electron chi connectivity index (χ0n) is 11.2. The van der Waals surface area contributed by atoms with Crippen molar-refractivity contribution in [2.75, 3.05) is 0 Å². The molecule has 0 atom stereocenters. The lowest BCUT2D eigenvalue weighted by molar-refractivity contribution is 0.0955. The van der Waals surface area contributed by atoms with E-state index in [4.69, 9.17) is 11.6 Å². The average molecular weight is 305 g/mol. The van der Waals surface area contributed by atoms with Crippen LogP contribution in [0.3, 0.4) is 0 Å². The number of hydrogen-bond acceptors (Lipinski definition) is 4. The Balaban J connectivity index is 2.17. The first kappa shape index (κ1) is 14.9. The Kier molecular flexibility index (Phi) is 4.45. The van der Waals surface area contributed by atoms with Crippen LogP contribution in [-0.2, 0) is 0 Å². The van der Waals surface area contributed by atoms with Gasteiger partial charge in [-0.2, -0.15) is 5.10 Å². The Morgan fingerprint density at radius 1 is 1.19 bits per heavy atom. The van der Waals surface area contributed by atoms with Crippen molar-refractivity contribution in [3.63, 3.8) is 0 Å². The SMILES string of the molecule is C/C(=N/NC(=O)c1cccc(Cl)c1)c1cc(O)ccc1O. The summed E-state index contributed by atoms with van der Waals surface area (Å²) >= 11 is 5.81. The number of amides is 1. The molecule has 2 aromatic rings. The van der Waals surface area contributed by atoms with Gasteiger partial charge in [-0.1, -0.05) is 17.7 Å². The van der Waals surface area contributed by atoms with Crippen molar-refractivity contribution in [2.45, 2.75) is 6.92 Å². The maximum Gasteiger partial charge on any atom is 0.271 e. The first-order chi connectivity index (χ1) is 9.97. The molecule has 0 fully saturated rings. The van der Waals surface area contributed by atoms with Crippen LogP contribution in [0.2, 0.25) is 5.02 Å². The number of rotatable bonds is 3. The smallest absolute Gasteiger partial charge is 0.271 e. The van der Waals surface area contributed by atoms with E-state index in [0.717, 1.165) is 0 Å². The van der Waals surface area contributed by atoms with Crippen LogP contribution >= 0.6 is 11.6 Å². The number of phenols is 2. The molecule has 2 rings (SSSR count). The molecule has 0 saturated carbocycles. The first-order valence-electron chi connectivity index (χ1n) is 6.10. The lowest BCUT2D eigenvalue weighted by atomic mass is 10.1. The predicted molar refractivity (Wildman–Crippen MR) is 80.9 cm³/mol. The van der Waals surface area contributed by atoms with Gasteiger partial charge in [0.25, 0.3) is 5.91 Å². The quantitative estimate of drug-likeness (QED) is 0.463. The summed E-state index contributed by atoms with van der Waals surface area (Å²) < 4.78 is 0. The summed E-state index contributed by atoms with van der Waals surface area (Å²) in [6.45, 7) is 1.60. The Labute approximate surface area is 126 Å². The number of phenolic OH excluding ortho intramolecular Hbond substituents is 2. The number of nitrogens with zero attached hydrogens (tertiary/aromatic N) is 1. The van der Waals surface area contributed by atoms with Crippen molar-refractivity contribution >= 4 is 23.2 Å². The summed E-state index contributed by atoms with van der Waals surface area (Å²) in [6, 6.07) is 10.5. The average Bonchev–Trinajstić information content (AvgIpc) is 2.47. The Morgan fingerprint density at radius 2 is 1.95 bits per heavy atom. The molecule has 0 unspecified atom stereocenters. The van der Waals surface area contributed by atoms with E-state index in [2.05, 4.69) is 10.5 Å². The summed E-state index contributed by atoms with van der Waals surface area (Å²) in [7, 11) is 0. The van der Waals surface area contributed by atoms with E-state index in [-0.39, 0.29) is 11.5 Å². The highest BCUT2D eigenvalue weighted by Crippen LogP contribution is 2.22. The fourth-order valence-corrected chi connectivity index (χ4v) is 1.89. The summed E-state index contributed by atoms with van der Waals surface area (Å²) in [6.07, 6.45) is 0. The number of benzene rings is 2. The van der Waals surface area contributed by atoms with Gasteiger partial charge in [-0.25, -0.2) is 5.43 Å². The molecule has 5 nitrogen and oxygen atoms in total. The molecular formula is C15H13ClN2O3. The molecule has 0 aliphatic rings. The largest absolute Gasteiger partial charge is 0.508 e. The third-order valence-electron chi connectivity index (χ3n) is 2.78. The highest BCUT2D eigenvalue weighted by atomic mass is 35.5. The second kappa shape index (κ2) is 6.28. The molecule has 0 radical (unpaired) electrons. The topological polar surface area (TPSA) is 81.9 Å². The van der Waals surface area contributed by atoms with Gasteiger partial charge >= 0.3 is 0 Å². The zero-order valence-corrected chi connectivity index (χ0v) is 11.9. The van der Waals surface area contributed by atoms with E-state index >= 15 is 0 Å². The fourth-order valence-electron chi connectivity index (χ4n) is 1.70. The molecule has 3 N–H and O–H groups in total. The maximum atomic E-state index is 11.9. The number of nitrogens with one attached hydrogen (secondary N) is 1. The van der Waals surface area contributed by atoms with Gasteiger partial charge in [0.15, 0.2) is 0 Å². The van der Waals surface area contributed by atoms with E-state index < -0.39 is 5.91 Å². The van der Waals surface area contributed by atoms with Gasteiger partial charge in [-0.15, -0.1) is 0 Å². The molecule has 0 spiro atoms. The van der Waals surface area contributed by atoms with Crippen molar-refractivity contribution in [3.8, 4) is 11.5 Å². The van der Waals surface area contributed by atoms with Gasteiger partial charge in [0.05, 0.1) is 5.71 Å². The molecule has 108 valence electrons. The molecule has 2 aromatic carbocycles. The zero-order chi connectivity index (χ0) is 15.4. The van der Waals surface area contributed by atoms with E-state index in [9.17, 15) is 15.0 Å². The van der Waals surface area contributed by atoms with Gasteiger partial charge in [-0.05, 0) is 43.3 Å². The second-order valence-corrected chi connectivity index (χ2v) is 4.79. The first-order valence-corrected chi connectivity index (χ1v) is 6.47. The van der Waals surface area contributed by atoms with Gasteiger partial charge in [-0.3, -0.25) is 4.79 Å². The van der Waals surface area contributed by atoms with Crippen molar-refractivity contribution in [3.05, 3.63) is 58.6 Å². The van der Waals surface area contributed by atoms with Crippen LogP contribution in [0, 0.1) is 0 Å². The summed E-state index contributed by atoms with van der Waals surface area (Å²) in [5.74, 6) is -0.457. The monoisotopic (exact) mass is 304 g/mol. The maximum absolute atomic E-state index is 11.9. The number of hydrogen-bond donors (Lipinski definition) is 3. The van der Waals surface area contributed by atoms with Crippen molar-refractivity contribution in [1.29, 1.82) is 0 Å². The Hall–Kier alpha value is -2.53. The van der Waals surface area contributed by atoms with Crippen LogP contribution in [0.4, 0.5) is 0 Å². The molecule has 0 aliphatic carbocycles. The molecule has 21 heavy (non-hydrogen) atoms. The van der Waals surface area contributed by atoms with E-state index in [1.807, 2.05) is 0 Å². The summed E-state index contributed by atoms with van der Waals surface area (Å²) in [4.78, 5) is 11.9. The number of halogens is 1. The predicted octanol–water partition coefficient (Wildman–Crippen LogP) is 2.91. The molecular weight excluding hydrogens is 292 g/mol.